The Morgan fingerprint density at radius 2 is 1.86 bits per heavy atom. The molecule has 4 heteroatoms. The first-order valence-corrected chi connectivity index (χ1v) is 7.18. The van der Waals surface area contributed by atoms with Crippen LogP contribution in [0.5, 0.6) is 0 Å². The number of hydrogen-bond donors (Lipinski definition) is 3. The van der Waals surface area contributed by atoms with Crippen LogP contribution < -0.4 is 16.0 Å². The van der Waals surface area contributed by atoms with Gasteiger partial charge in [-0.3, -0.25) is 0 Å². The number of rotatable bonds is 2. The lowest BCUT2D eigenvalue weighted by molar-refractivity contribution is 0.262. The third kappa shape index (κ3) is 3.41. The minimum Gasteiger partial charge on any atom is -0.312 e. The monoisotopic (exact) mass is 281 g/mol. The molecule has 21 heavy (non-hydrogen) atoms. The third-order valence-corrected chi connectivity index (χ3v) is 3.63. The number of carbonyl (C=O) groups excluding carboxylic acids is 1. The van der Waals surface area contributed by atoms with Crippen molar-refractivity contribution in [2.75, 3.05) is 17.2 Å². The van der Waals surface area contributed by atoms with Gasteiger partial charge < -0.3 is 16.0 Å². The second-order valence-electron chi connectivity index (χ2n) is 5.36. The van der Waals surface area contributed by atoms with Gasteiger partial charge in [0.05, 0.1) is 0 Å². The summed E-state index contributed by atoms with van der Waals surface area (Å²) in [5, 5.41) is 9.07. The summed E-state index contributed by atoms with van der Waals surface area (Å²) in [6.45, 7) is 3.89. The molecule has 2 aromatic carbocycles. The number of urea groups is 1. The lowest BCUT2D eigenvalue weighted by Gasteiger charge is -2.18. The zero-order valence-corrected chi connectivity index (χ0v) is 12.1. The van der Waals surface area contributed by atoms with E-state index in [0.717, 1.165) is 36.4 Å². The van der Waals surface area contributed by atoms with Crippen LogP contribution in [0.3, 0.4) is 0 Å². The topological polar surface area (TPSA) is 53.2 Å². The fourth-order valence-electron chi connectivity index (χ4n) is 2.57. The van der Waals surface area contributed by atoms with Crippen molar-refractivity contribution in [2.24, 2.45) is 0 Å². The van der Waals surface area contributed by atoms with Crippen LogP contribution in [0.1, 0.15) is 16.7 Å². The summed E-state index contributed by atoms with van der Waals surface area (Å²) in [6, 6.07) is 13.6. The van der Waals surface area contributed by atoms with Crippen molar-refractivity contribution in [3.63, 3.8) is 0 Å². The maximum atomic E-state index is 12.0. The Morgan fingerprint density at radius 1 is 1.05 bits per heavy atom. The SMILES string of the molecule is Cc1cccc(NC(=O)Nc2ccc3c(c2)CNCC3)c1. The number of carbonyl (C=O) groups is 1. The normalized spacial score (nSPS) is 13.4. The summed E-state index contributed by atoms with van der Waals surface area (Å²) < 4.78 is 0. The van der Waals surface area contributed by atoms with Crippen LogP contribution in [-0.2, 0) is 13.0 Å². The van der Waals surface area contributed by atoms with Crippen LogP contribution >= 0.6 is 0 Å². The van der Waals surface area contributed by atoms with Crippen LogP contribution in [0, 0.1) is 6.92 Å². The van der Waals surface area contributed by atoms with E-state index in [0.29, 0.717) is 0 Å². The summed E-state index contributed by atoms with van der Waals surface area (Å²) in [5.74, 6) is 0. The summed E-state index contributed by atoms with van der Waals surface area (Å²) in [6.07, 6.45) is 1.05. The van der Waals surface area contributed by atoms with Gasteiger partial charge in [-0.05, 0) is 60.8 Å². The van der Waals surface area contributed by atoms with Crippen molar-refractivity contribution in [2.45, 2.75) is 19.9 Å². The quantitative estimate of drug-likeness (QED) is 0.791. The molecular formula is C17H19N3O. The molecule has 0 atom stereocenters. The van der Waals surface area contributed by atoms with E-state index in [4.69, 9.17) is 0 Å². The Labute approximate surface area is 124 Å². The van der Waals surface area contributed by atoms with E-state index < -0.39 is 0 Å². The molecule has 1 heterocycles. The van der Waals surface area contributed by atoms with Gasteiger partial charge in [-0.25, -0.2) is 4.79 Å². The highest BCUT2D eigenvalue weighted by atomic mass is 16.2. The number of anilines is 2. The number of hydrogen-bond acceptors (Lipinski definition) is 2. The first-order valence-electron chi connectivity index (χ1n) is 7.18. The Kier molecular flexibility index (Phi) is 3.88. The van der Waals surface area contributed by atoms with Crippen molar-refractivity contribution in [1.29, 1.82) is 0 Å². The van der Waals surface area contributed by atoms with Crippen LogP contribution in [0.15, 0.2) is 42.5 Å². The molecule has 0 aromatic heterocycles. The Morgan fingerprint density at radius 3 is 2.67 bits per heavy atom. The molecule has 3 N–H and O–H groups in total. The number of benzene rings is 2. The molecule has 2 aromatic rings. The van der Waals surface area contributed by atoms with E-state index in [1.165, 1.54) is 11.1 Å². The van der Waals surface area contributed by atoms with E-state index >= 15 is 0 Å². The van der Waals surface area contributed by atoms with Gasteiger partial charge in [0, 0.05) is 17.9 Å². The molecule has 3 rings (SSSR count). The van der Waals surface area contributed by atoms with E-state index in [-0.39, 0.29) is 6.03 Å². The molecule has 0 unspecified atom stereocenters. The van der Waals surface area contributed by atoms with Crippen LogP contribution in [0.25, 0.3) is 0 Å². The molecule has 108 valence electrons. The van der Waals surface area contributed by atoms with Crippen LogP contribution in [0.2, 0.25) is 0 Å². The molecule has 0 radical (unpaired) electrons. The van der Waals surface area contributed by atoms with Crippen molar-refractivity contribution < 1.29 is 4.79 Å². The minimum absolute atomic E-state index is 0.218. The van der Waals surface area contributed by atoms with E-state index in [2.05, 4.69) is 22.0 Å². The zero-order valence-electron chi connectivity index (χ0n) is 12.1. The largest absolute Gasteiger partial charge is 0.323 e. The second kappa shape index (κ2) is 5.97. The smallest absolute Gasteiger partial charge is 0.312 e. The number of aryl methyl sites for hydroxylation is 1. The molecule has 0 saturated heterocycles. The van der Waals surface area contributed by atoms with E-state index in [1.807, 2.05) is 43.3 Å². The summed E-state index contributed by atoms with van der Waals surface area (Å²) >= 11 is 0. The van der Waals surface area contributed by atoms with Crippen molar-refractivity contribution in [3.05, 3.63) is 59.2 Å². The van der Waals surface area contributed by atoms with Gasteiger partial charge in [-0.15, -0.1) is 0 Å². The molecule has 1 aliphatic heterocycles. The van der Waals surface area contributed by atoms with Crippen LogP contribution in [0.4, 0.5) is 16.2 Å². The minimum atomic E-state index is -0.218. The van der Waals surface area contributed by atoms with Gasteiger partial charge in [0.1, 0.15) is 0 Å². The fraction of sp³-hybridized carbons (Fsp3) is 0.235. The van der Waals surface area contributed by atoms with Gasteiger partial charge in [0.2, 0.25) is 0 Å². The maximum Gasteiger partial charge on any atom is 0.323 e. The average Bonchev–Trinajstić information content (AvgIpc) is 2.47. The summed E-state index contributed by atoms with van der Waals surface area (Å²) in [4.78, 5) is 12.0. The van der Waals surface area contributed by atoms with Crippen molar-refractivity contribution >= 4 is 17.4 Å². The molecule has 2 amide bonds. The Bertz CT molecular complexity index is 667. The first-order chi connectivity index (χ1) is 10.2. The number of amides is 2. The van der Waals surface area contributed by atoms with Crippen LogP contribution in [-0.4, -0.2) is 12.6 Å². The van der Waals surface area contributed by atoms with E-state index in [9.17, 15) is 4.79 Å². The number of nitrogens with one attached hydrogen (secondary N) is 3. The van der Waals surface area contributed by atoms with Gasteiger partial charge in [0.15, 0.2) is 0 Å². The highest BCUT2D eigenvalue weighted by Crippen LogP contribution is 2.19. The Balaban J connectivity index is 1.67. The van der Waals surface area contributed by atoms with E-state index in [1.54, 1.807) is 0 Å². The maximum absolute atomic E-state index is 12.0. The van der Waals surface area contributed by atoms with Crippen molar-refractivity contribution in [1.82, 2.24) is 5.32 Å². The first kappa shape index (κ1) is 13.6. The lowest BCUT2D eigenvalue weighted by atomic mass is 10.0. The zero-order chi connectivity index (χ0) is 14.7. The highest BCUT2D eigenvalue weighted by molar-refractivity contribution is 5.99. The van der Waals surface area contributed by atoms with Gasteiger partial charge in [-0.2, -0.15) is 0 Å². The lowest BCUT2D eigenvalue weighted by Crippen LogP contribution is -2.24. The molecule has 0 fully saturated rings. The van der Waals surface area contributed by atoms with Gasteiger partial charge in [-0.1, -0.05) is 18.2 Å². The van der Waals surface area contributed by atoms with Crippen molar-refractivity contribution in [3.8, 4) is 0 Å². The standard InChI is InChI=1S/C17H19N3O/c1-12-3-2-4-15(9-12)19-17(21)20-16-6-5-13-7-8-18-11-14(13)10-16/h2-6,9-10,18H,7-8,11H2,1H3,(H2,19,20,21). The highest BCUT2D eigenvalue weighted by Gasteiger charge is 2.10. The molecule has 0 spiro atoms. The fourth-order valence-corrected chi connectivity index (χ4v) is 2.57. The second-order valence-corrected chi connectivity index (χ2v) is 5.36. The molecule has 0 saturated carbocycles. The molecule has 1 aliphatic rings. The third-order valence-electron chi connectivity index (χ3n) is 3.63. The average molecular weight is 281 g/mol. The van der Waals surface area contributed by atoms with Gasteiger partial charge in [0.25, 0.3) is 0 Å². The molecule has 0 bridgehead atoms. The molecule has 4 nitrogen and oxygen atoms in total. The number of fused-ring (bicyclic) bond motifs is 1. The van der Waals surface area contributed by atoms with Gasteiger partial charge >= 0.3 is 6.03 Å². The summed E-state index contributed by atoms with van der Waals surface area (Å²) in [7, 11) is 0. The predicted molar refractivity (Wildman–Crippen MR) is 85.7 cm³/mol. The molecule has 0 aliphatic carbocycles. The Hall–Kier alpha value is -2.33. The molecular weight excluding hydrogens is 262 g/mol. The predicted octanol–water partition coefficient (Wildman–Crippen LogP) is 3.28. The summed E-state index contributed by atoms with van der Waals surface area (Å²) in [5.41, 5.74) is 5.36.